The Hall–Kier alpha value is -1.90. The lowest BCUT2D eigenvalue weighted by Crippen LogP contribution is -2.03. The predicted molar refractivity (Wildman–Crippen MR) is 71.0 cm³/mol. The molecule has 0 bridgehead atoms. The Morgan fingerprint density at radius 3 is 2.47 bits per heavy atom. The maximum absolute atomic E-state index is 4.33. The summed E-state index contributed by atoms with van der Waals surface area (Å²) in [6, 6.07) is 12.3. The molecule has 0 radical (unpaired) electrons. The second-order valence-corrected chi connectivity index (χ2v) is 3.85. The van der Waals surface area contributed by atoms with Crippen LogP contribution in [0.2, 0.25) is 0 Å². The van der Waals surface area contributed by atoms with Crippen molar-refractivity contribution >= 4 is 5.82 Å². The fourth-order valence-corrected chi connectivity index (χ4v) is 1.81. The zero-order valence-corrected chi connectivity index (χ0v) is 10.3. The molecule has 0 saturated heterocycles. The summed E-state index contributed by atoms with van der Waals surface area (Å²) in [5.41, 5.74) is 3.33. The van der Waals surface area contributed by atoms with E-state index >= 15 is 0 Å². The first-order chi connectivity index (χ1) is 8.35. The molecule has 0 aliphatic heterocycles. The number of aromatic nitrogens is 2. The molecule has 0 aliphatic carbocycles. The predicted octanol–water partition coefficient (Wildman–Crippen LogP) is 3.14. The number of rotatable bonds is 4. The van der Waals surface area contributed by atoms with Gasteiger partial charge in [-0.3, -0.25) is 0 Å². The second kappa shape index (κ2) is 5.43. The Kier molecular flexibility index (Phi) is 3.70. The molecule has 2 rings (SSSR count). The largest absolute Gasteiger partial charge is 0.369 e. The summed E-state index contributed by atoms with van der Waals surface area (Å²) in [4.78, 5) is 0. The van der Waals surface area contributed by atoms with E-state index in [1.54, 1.807) is 0 Å². The molecule has 2 aromatic rings. The van der Waals surface area contributed by atoms with Gasteiger partial charge in [-0.05, 0) is 25.0 Å². The number of anilines is 1. The van der Waals surface area contributed by atoms with Crippen LogP contribution in [0.4, 0.5) is 5.82 Å². The van der Waals surface area contributed by atoms with Gasteiger partial charge in [0.15, 0.2) is 0 Å². The summed E-state index contributed by atoms with van der Waals surface area (Å²) in [5, 5.41) is 11.7. The van der Waals surface area contributed by atoms with Crippen molar-refractivity contribution in [2.75, 3.05) is 11.9 Å². The van der Waals surface area contributed by atoms with Crippen molar-refractivity contribution in [2.45, 2.75) is 20.3 Å². The number of nitrogens with one attached hydrogen (secondary N) is 1. The van der Waals surface area contributed by atoms with Gasteiger partial charge in [-0.2, -0.15) is 0 Å². The SMILES string of the molecule is CCNc1cc(CC)c(-c2ccccc2)nn1. The highest BCUT2D eigenvalue weighted by Crippen LogP contribution is 2.22. The lowest BCUT2D eigenvalue weighted by atomic mass is 10.1. The van der Waals surface area contributed by atoms with Gasteiger partial charge in [-0.1, -0.05) is 37.3 Å². The van der Waals surface area contributed by atoms with Crippen LogP contribution in [0, 0.1) is 0 Å². The summed E-state index contributed by atoms with van der Waals surface area (Å²) in [6.07, 6.45) is 0.956. The van der Waals surface area contributed by atoms with Gasteiger partial charge in [0.25, 0.3) is 0 Å². The van der Waals surface area contributed by atoms with Crippen LogP contribution in [-0.4, -0.2) is 16.7 Å². The topological polar surface area (TPSA) is 37.8 Å². The molecule has 0 aliphatic rings. The van der Waals surface area contributed by atoms with Crippen LogP contribution in [0.5, 0.6) is 0 Å². The molecule has 1 heterocycles. The maximum atomic E-state index is 4.33. The lowest BCUT2D eigenvalue weighted by molar-refractivity contribution is 0.980. The Bertz CT molecular complexity index is 480. The maximum Gasteiger partial charge on any atom is 0.148 e. The van der Waals surface area contributed by atoms with Crippen LogP contribution in [-0.2, 0) is 6.42 Å². The van der Waals surface area contributed by atoms with Gasteiger partial charge in [0.05, 0.1) is 5.69 Å². The van der Waals surface area contributed by atoms with Crippen LogP contribution >= 0.6 is 0 Å². The third-order valence-corrected chi connectivity index (χ3v) is 2.66. The fraction of sp³-hybridized carbons (Fsp3) is 0.286. The van der Waals surface area contributed by atoms with Crippen LogP contribution in [0.15, 0.2) is 36.4 Å². The van der Waals surface area contributed by atoms with Crippen molar-refractivity contribution in [1.82, 2.24) is 10.2 Å². The van der Waals surface area contributed by atoms with E-state index in [0.717, 1.165) is 30.0 Å². The van der Waals surface area contributed by atoms with Crippen molar-refractivity contribution in [2.24, 2.45) is 0 Å². The molecule has 3 heteroatoms. The average Bonchev–Trinajstić information content (AvgIpc) is 2.40. The summed E-state index contributed by atoms with van der Waals surface area (Å²) in [6.45, 7) is 5.06. The molecule has 1 aromatic carbocycles. The Morgan fingerprint density at radius 1 is 1.06 bits per heavy atom. The Morgan fingerprint density at radius 2 is 1.82 bits per heavy atom. The molecular formula is C14H17N3. The third-order valence-electron chi connectivity index (χ3n) is 2.66. The fourth-order valence-electron chi connectivity index (χ4n) is 1.81. The monoisotopic (exact) mass is 227 g/mol. The molecule has 0 fully saturated rings. The van der Waals surface area contributed by atoms with E-state index in [1.807, 2.05) is 18.2 Å². The highest BCUT2D eigenvalue weighted by Gasteiger charge is 2.07. The smallest absolute Gasteiger partial charge is 0.148 e. The number of hydrogen-bond acceptors (Lipinski definition) is 3. The number of hydrogen-bond donors (Lipinski definition) is 1. The van der Waals surface area contributed by atoms with Crippen molar-refractivity contribution < 1.29 is 0 Å². The van der Waals surface area contributed by atoms with E-state index in [9.17, 15) is 0 Å². The first kappa shape index (κ1) is 11.6. The van der Waals surface area contributed by atoms with E-state index < -0.39 is 0 Å². The standard InChI is InChI=1S/C14H17N3/c1-3-11-10-13(15-4-2)16-17-14(11)12-8-6-5-7-9-12/h5-10H,3-4H2,1-2H3,(H,15,16). The Labute approximate surface area is 102 Å². The Balaban J connectivity index is 2.41. The van der Waals surface area contributed by atoms with E-state index in [4.69, 9.17) is 0 Å². The highest BCUT2D eigenvalue weighted by molar-refractivity contribution is 5.63. The molecule has 0 atom stereocenters. The lowest BCUT2D eigenvalue weighted by Gasteiger charge is -2.08. The minimum Gasteiger partial charge on any atom is -0.369 e. The summed E-state index contributed by atoms with van der Waals surface area (Å²) in [7, 11) is 0. The van der Waals surface area contributed by atoms with E-state index in [2.05, 4.69) is 47.6 Å². The van der Waals surface area contributed by atoms with Crippen LogP contribution in [0.3, 0.4) is 0 Å². The van der Waals surface area contributed by atoms with Crippen molar-refractivity contribution in [3.8, 4) is 11.3 Å². The van der Waals surface area contributed by atoms with E-state index in [1.165, 1.54) is 5.56 Å². The summed E-state index contributed by atoms with van der Waals surface area (Å²) < 4.78 is 0. The van der Waals surface area contributed by atoms with Crippen molar-refractivity contribution in [3.05, 3.63) is 42.0 Å². The van der Waals surface area contributed by atoms with Crippen molar-refractivity contribution in [1.29, 1.82) is 0 Å². The molecule has 0 unspecified atom stereocenters. The van der Waals surface area contributed by atoms with Gasteiger partial charge in [-0.15, -0.1) is 10.2 Å². The van der Waals surface area contributed by atoms with Gasteiger partial charge in [0.2, 0.25) is 0 Å². The summed E-state index contributed by atoms with van der Waals surface area (Å²) in [5.74, 6) is 0.851. The zero-order valence-electron chi connectivity index (χ0n) is 10.3. The average molecular weight is 227 g/mol. The minimum atomic E-state index is 0.851. The number of aryl methyl sites for hydroxylation is 1. The summed E-state index contributed by atoms with van der Waals surface area (Å²) >= 11 is 0. The van der Waals surface area contributed by atoms with Gasteiger partial charge in [-0.25, -0.2) is 0 Å². The zero-order chi connectivity index (χ0) is 12.1. The van der Waals surface area contributed by atoms with Gasteiger partial charge < -0.3 is 5.32 Å². The van der Waals surface area contributed by atoms with Gasteiger partial charge in [0, 0.05) is 12.1 Å². The van der Waals surface area contributed by atoms with Gasteiger partial charge in [0.1, 0.15) is 5.82 Å². The number of nitrogens with zero attached hydrogens (tertiary/aromatic N) is 2. The van der Waals surface area contributed by atoms with Crippen LogP contribution in [0.1, 0.15) is 19.4 Å². The number of benzene rings is 1. The molecule has 0 spiro atoms. The van der Waals surface area contributed by atoms with Crippen molar-refractivity contribution in [3.63, 3.8) is 0 Å². The molecular weight excluding hydrogens is 210 g/mol. The molecule has 17 heavy (non-hydrogen) atoms. The third kappa shape index (κ3) is 2.61. The second-order valence-electron chi connectivity index (χ2n) is 3.85. The highest BCUT2D eigenvalue weighted by atomic mass is 15.2. The van der Waals surface area contributed by atoms with Crippen LogP contribution < -0.4 is 5.32 Å². The first-order valence-corrected chi connectivity index (χ1v) is 6.01. The minimum absolute atomic E-state index is 0.851. The molecule has 0 amide bonds. The molecule has 88 valence electrons. The molecule has 1 N–H and O–H groups in total. The molecule has 3 nitrogen and oxygen atoms in total. The quantitative estimate of drug-likeness (QED) is 0.872. The van der Waals surface area contributed by atoms with Crippen LogP contribution in [0.25, 0.3) is 11.3 Å². The van der Waals surface area contributed by atoms with E-state index in [0.29, 0.717) is 0 Å². The van der Waals surface area contributed by atoms with Gasteiger partial charge >= 0.3 is 0 Å². The molecule has 0 saturated carbocycles. The normalized spacial score (nSPS) is 10.2. The first-order valence-electron chi connectivity index (χ1n) is 6.01. The van der Waals surface area contributed by atoms with E-state index in [-0.39, 0.29) is 0 Å². The molecule has 1 aromatic heterocycles.